The lowest BCUT2D eigenvalue weighted by molar-refractivity contribution is 0.235. The fraction of sp³-hybridized carbons (Fsp3) is 0.312. The predicted molar refractivity (Wildman–Crippen MR) is 81.8 cm³/mol. The lowest BCUT2D eigenvalue weighted by atomic mass is 9.88. The first-order chi connectivity index (χ1) is 9.83. The molecule has 1 heterocycles. The van der Waals surface area contributed by atoms with Gasteiger partial charge in [0.1, 0.15) is 0 Å². The largest absolute Gasteiger partial charge is 0.333 e. The second kappa shape index (κ2) is 6.09. The molecule has 1 atom stereocenters. The Hall–Kier alpha value is -1.81. The van der Waals surface area contributed by atoms with E-state index in [2.05, 4.69) is 28.8 Å². The molecule has 1 aliphatic rings. The van der Waals surface area contributed by atoms with Crippen LogP contribution in [0.5, 0.6) is 0 Å². The Morgan fingerprint density at radius 1 is 1.25 bits per heavy atom. The summed E-state index contributed by atoms with van der Waals surface area (Å²) in [7, 11) is 0. The number of thiophene rings is 1. The molecule has 4 heteroatoms. The average molecular weight is 286 g/mol. The summed E-state index contributed by atoms with van der Waals surface area (Å²) >= 11 is 1.66. The minimum absolute atomic E-state index is 0.0832. The van der Waals surface area contributed by atoms with Crippen molar-refractivity contribution < 1.29 is 4.79 Å². The van der Waals surface area contributed by atoms with E-state index in [0.717, 1.165) is 19.3 Å². The van der Waals surface area contributed by atoms with Crippen molar-refractivity contribution in [2.45, 2.75) is 31.8 Å². The van der Waals surface area contributed by atoms with Gasteiger partial charge in [-0.05, 0) is 41.8 Å². The summed E-state index contributed by atoms with van der Waals surface area (Å²) in [5.41, 5.74) is 2.63. The van der Waals surface area contributed by atoms with Crippen LogP contribution in [0.4, 0.5) is 4.79 Å². The maximum atomic E-state index is 12.0. The first-order valence-electron chi connectivity index (χ1n) is 6.97. The van der Waals surface area contributed by atoms with Crippen LogP contribution < -0.4 is 10.6 Å². The molecule has 0 saturated carbocycles. The maximum Gasteiger partial charge on any atom is 0.315 e. The number of carbonyl (C=O) groups excluding carboxylic acids is 1. The van der Waals surface area contributed by atoms with Crippen LogP contribution in [0, 0.1) is 0 Å². The number of rotatable bonds is 3. The van der Waals surface area contributed by atoms with Crippen LogP contribution >= 0.6 is 11.3 Å². The molecule has 0 aliphatic heterocycles. The van der Waals surface area contributed by atoms with Crippen molar-refractivity contribution in [2.24, 2.45) is 0 Å². The van der Waals surface area contributed by atoms with E-state index in [9.17, 15) is 4.79 Å². The number of hydrogen-bond acceptors (Lipinski definition) is 2. The van der Waals surface area contributed by atoms with Crippen molar-refractivity contribution in [3.8, 4) is 0 Å². The Labute approximate surface area is 123 Å². The molecule has 0 saturated heterocycles. The van der Waals surface area contributed by atoms with Crippen molar-refractivity contribution in [1.29, 1.82) is 0 Å². The molecule has 0 fully saturated rings. The fourth-order valence-electron chi connectivity index (χ4n) is 2.69. The lowest BCUT2D eigenvalue weighted by Crippen LogP contribution is -2.38. The Morgan fingerprint density at radius 3 is 3.00 bits per heavy atom. The van der Waals surface area contributed by atoms with Crippen LogP contribution in [0.2, 0.25) is 0 Å². The lowest BCUT2D eigenvalue weighted by Gasteiger charge is -2.26. The SMILES string of the molecule is O=C(NCc1cccs1)NC1CCCc2ccccc21. The second-order valence-electron chi connectivity index (χ2n) is 5.05. The smallest absolute Gasteiger partial charge is 0.315 e. The summed E-state index contributed by atoms with van der Waals surface area (Å²) in [6.07, 6.45) is 3.27. The highest BCUT2D eigenvalue weighted by Gasteiger charge is 2.21. The predicted octanol–water partition coefficient (Wildman–Crippen LogP) is 3.62. The highest BCUT2D eigenvalue weighted by atomic mass is 32.1. The Balaban J connectivity index is 1.59. The molecule has 0 spiro atoms. The summed E-state index contributed by atoms with van der Waals surface area (Å²) in [4.78, 5) is 13.2. The Morgan fingerprint density at radius 2 is 2.15 bits per heavy atom. The monoisotopic (exact) mass is 286 g/mol. The summed E-state index contributed by atoms with van der Waals surface area (Å²) in [5, 5.41) is 8.04. The van der Waals surface area contributed by atoms with E-state index < -0.39 is 0 Å². The first kappa shape index (κ1) is 13.2. The number of aryl methyl sites for hydroxylation is 1. The fourth-order valence-corrected chi connectivity index (χ4v) is 3.34. The van der Waals surface area contributed by atoms with Crippen LogP contribution in [-0.2, 0) is 13.0 Å². The highest BCUT2D eigenvalue weighted by Crippen LogP contribution is 2.29. The standard InChI is InChI=1S/C16H18N2OS/c19-16(17-11-13-7-4-10-20-13)18-15-9-3-6-12-5-1-2-8-14(12)15/h1-2,4-5,7-8,10,15H,3,6,9,11H2,(H2,17,18,19). The molecule has 1 aliphatic carbocycles. The van der Waals surface area contributed by atoms with Crippen molar-refractivity contribution in [3.63, 3.8) is 0 Å². The number of nitrogens with one attached hydrogen (secondary N) is 2. The molecule has 3 nitrogen and oxygen atoms in total. The molecule has 20 heavy (non-hydrogen) atoms. The zero-order valence-corrected chi connectivity index (χ0v) is 12.1. The minimum Gasteiger partial charge on any atom is -0.333 e. The molecule has 0 bridgehead atoms. The molecule has 0 radical (unpaired) electrons. The van der Waals surface area contributed by atoms with Gasteiger partial charge in [-0.25, -0.2) is 4.79 Å². The third kappa shape index (κ3) is 3.02. The van der Waals surface area contributed by atoms with Crippen LogP contribution in [0.15, 0.2) is 41.8 Å². The van der Waals surface area contributed by atoms with Crippen molar-refractivity contribution in [2.75, 3.05) is 0 Å². The molecule has 1 aromatic heterocycles. The number of benzene rings is 1. The van der Waals surface area contributed by atoms with Gasteiger partial charge in [-0.15, -0.1) is 11.3 Å². The van der Waals surface area contributed by atoms with E-state index >= 15 is 0 Å². The van der Waals surface area contributed by atoms with Gasteiger partial charge in [-0.2, -0.15) is 0 Å². The van der Waals surface area contributed by atoms with E-state index in [-0.39, 0.29) is 12.1 Å². The number of amides is 2. The molecule has 1 unspecified atom stereocenters. The van der Waals surface area contributed by atoms with Gasteiger partial charge in [-0.1, -0.05) is 30.3 Å². The number of fused-ring (bicyclic) bond motifs is 1. The van der Waals surface area contributed by atoms with E-state index in [4.69, 9.17) is 0 Å². The molecule has 2 aromatic rings. The van der Waals surface area contributed by atoms with Crippen molar-refractivity contribution in [1.82, 2.24) is 10.6 Å². The summed E-state index contributed by atoms with van der Waals surface area (Å²) in [6.45, 7) is 0.595. The maximum absolute atomic E-state index is 12.0. The third-order valence-corrected chi connectivity index (χ3v) is 4.55. The zero-order chi connectivity index (χ0) is 13.8. The van der Waals surface area contributed by atoms with Gasteiger partial charge in [-0.3, -0.25) is 0 Å². The first-order valence-corrected chi connectivity index (χ1v) is 7.85. The molecule has 104 valence electrons. The molecule has 2 amide bonds. The second-order valence-corrected chi connectivity index (χ2v) is 6.08. The molecule has 2 N–H and O–H groups in total. The average Bonchev–Trinajstić information content (AvgIpc) is 2.99. The molecule has 3 rings (SSSR count). The van der Waals surface area contributed by atoms with Crippen molar-refractivity contribution in [3.05, 3.63) is 57.8 Å². The van der Waals surface area contributed by atoms with Crippen LogP contribution in [0.1, 0.15) is 34.9 Å². The highest BCUT2D eigenvalue weighted by molar-refractivity contribution is 7.09. The van der Waals surface area contributed by atoms with E-state index in [0.29, 0.717) is 6.54 Å². The Bertz CT molecular complexity index is 580. The summed E-state index contributed by atoms with van der Waals surface area (Å²) in [6, 6.07) is 12.5. The van der Waals surface area contributed by atoms with Gasteiger partial charge in [0, 0.05) is 4.88 Å². The van der Waals surface area contributed by atoms with Crippen LogP contribution in [0.25, 0.3) is 0 Å². The minimum atomic E-state index is -0.0832. The number of hydrogen-bond donors (Lipinski definition) is 2. The van der Waals surface area contributed by atoms with Gasteiger partial charge >= 0.3 is 6.03 Å². The summed E-state index contributed by atoms with van der Waals surface area (Å²) < 4.78 is 0. The molecular formula is C16H18N2OS. The normalized spacial score (nSPS) is 17.3. The van der Waals surface area contributed by atoms with Crippen LogP contribution in [0.3, 0.4) is 0 Å². The van der Waals surface area contributed by atoms with Crippen molar-refractivity contribution >= 4 is 17.4 Å². The third-order valence-electron chi connectivity index (χ3n) is 3.68. The zero-order valence-electron chi connectivity index (χ0n) is 11.3. The van der Waals surface area contributed by atoms with Gasteiger partial charge in [0.15, 0.2) is 0 Å². The van der Waals surface area contributed by atoms with Gasteiger partial charge in [0.25, 0.3) is 0 Å². The van der Waals surface area contributed by atoms with Gasteiger partial charge in [0.05, 0.1) is 12.6 Å². The topological polar surface area (TPSA) is 41.1 Å². The van der Waals surface area contributed by atoms with Gasteiger partial charge in [0.2, 0.25) is 0 Å². The number of urea groups is 1. The van der Waals surface area contributed by atoms with Crippen LogP contribution in [-0.4, -0.2) is 6.03 Å². The van der Waals surface area contributed by atoms with E-state index in [1.165, 1.54) is 16.0 Å². The molecular weight excluding hydrogens is 268 g/mol. The van der Waals surface area contributed by atoms with E-state index in [1.807, 2.05) is 23.6 Å². The molecule has 1 aromatic carbocycles. The summed E-state index contributed by atoms with van der Waals surface area (Å²) in [5.74, 6) is 0. The Kier molecular flexibility index (Phi) is 4.02. The quantitative estimate of drug-likeness (QED) is 0.889. The number of carbonyl (C=O) groups is 1. The van der Waals surface area contributed by atoms with E-state index in [1.54, 1.807) is 11.3 Å². The van der Waals surface area contributed by atoms with Gasteiger partial charge < -0.3 is 10.6 Å².